The second-order valence-corrected chi connectivity index (χ2v) is 9.43. The number of hydrogen-bond donors (Lipinski definition) is 1. The maximum Gasteiger partial charge on any atom is 0.150 e. The molecule has 0 aromatic carbocycles. The van der Waals surface area contributed by atoms with Gasteiger partial charge in [0.2, 0.25) is 0 Å². The van der Waals surface area contributed by atoms with Gasteiger partial charge in [0.15, 0.2) is 0 Å². The van der Waals surface area contributed by atoms with Gasteiger partial charge in [0, 0.05) is 15.5 Å². The number of sulfone groups is 1. The molecule has 0 saturated heterocycles. The van der Waals surface area contributed by atoms with Crippen molar-refractivity contribution in [1.82, 2.24) is 0 Å². The van der Waals surface area contributed by atoms with Crippen LogP contribution in [0.4, 0.5) is 0 Å². The molecule has 0 saturated carbocycles. The lowest BCUT2D eigenvalue weighted by Gasteiger charge is -2.15. The lowest BCUT2D eigenvalue weighted by molar-refractivity contribution is 0.170. The van der Waals surface area contributed by atoms with Crippen molar-refractivity contribution in [3.63, 3.8) is 0 Å². The molecule has 19 heavy (non-hydrogen) atoms. The molecule has 0 fully saturated rings. The van der Waals surface area contributed by atoms with Gasteiger partial charge in [-0.1, -0.05) is 27.7 Å². The van der Waals surface area contributed by atoms with E-state index in [2.05, 4.69) is 20.8 Å². The zero-order chi connectivity index (χ0) is 14.7. The first-order valence-corrected chi connectivity index (χ1v) is 9.28. The van der Waals surface area contributed by atoms with E-state index in [1.165, 1.54) is 4.88 Å². The van der Waals surface area contributed by atoms with Gasteiger partial charge in [-0.15, -0.1) is 11.3 Å². The van der Waals surface area contributed by atoms with Crippen LogP contribution in [0.15, 0.2) is 12.1 Å². The highest BCUT2D eigenvalue weighted by atomic mass is 32.2. The Kier molecular flexibility index (Phi) is 5.59. The van der Waals surface area contributed by atoms with Crippen LogP contribution in [-0.2, 0) is 15.3 Å². The third-order valence-corrected chi connectivity index (χ3v) is 6.47. The second kappa shape index (κ2) is 6.37. The maximum atomic E-state index is 11.4. The van der Waals surface area contributed by atoms with Crippen LogP contribution in [0.5, 0.6) is 0 Å². The molecule has 1 atom stereocenters. The molecule has 0 aliphatic rings. The Bertz CT molecular complexity index is 495. The molecule has 1 aromatic rings. The van der Waals surface area contributed by atoms with Crippen molar-refractivity contribution in [2.24, 2.45) is 0 Å². The Morgan fingerprint density at radius 3 is 2.42 bits per heavy atom. The molecule has 0 spiro atoms. The van der Waals surface area contributed by atoms with Gasteiger partial charge in [-0.2, -0.15) is 0 Å². The summed E-state index contributed by atoms with van der Waals surface area (Å²) in [6.45, 7) is 8.08. The lowest BCUT2D eigenvalue weighted by Crippen LogP contribution is -2.09. The van der Waals surface area contributed by atoms with Crippen LogP contribution in [0.3, 0.4) is 0 Å². The van der Waals surface area contributed by atoms with Gasteiger partial charge in [0.25, 0.3) is 0 Å². The zero-order valence-corrected chi connectivity index (χ0v) is 13.8. The average molecular weight is 304 g/mol. The Morgan fingerprint density at radius 2 is 1.95 bits per heavy atom. The monoisotopic (exact) mass is 304 g/mol. The summed E-state index contributed by atoms with van der Waals surface area (Å²) in [5, 5.41) is 10.1. The molecule has 3 nitrogen and oxygen atoms in total. The van der Waals surface area contributed by atoms with E-state index in [1.807, 2.05) is 12.1 Å². The van der Waals surface area contributed by atoms with Crippen LogP contribution >= 0.6 is 11.3 Å². The Labute approximate surface area is 120 Å². The first-order valence-electron chi connectivity index (χ1n) is 6.64. The van der Waals surface area contributed by atoms with Crippen LogP contribution in [0.25, 0.3) is 0 Å². The van der Waals surface area contributed by atoms with Crippen LogP contribution in [0, 0.1) is 0 Å². The molecule has 1 aromatic heterocycles. The van der Waals surface area contributed by atoms with Crippen molar-refractivity contribution in [1.29, 1.82) is 0 Å². The summed E-state index contributed by atoms with van der Waals surface area (Å²) in [7, 11) is -2.92. The minimum atomic E-state index is -2.92. The van der Waals surface area contributed by atoms with Crippen molar-refractivity contribution >= 4 is 21.2 Å². The molecule has 110 valence electrons. The number of aliphatic hydroxyl groups excluding tert-OH is 1. The van der Waals surface area contributed by atoms with Crippen LogP contribution in [0.2, 0.25) is 0 Å². The van der Waals surface area contributed by atoms with Crippen LogP contribution < -0.4 is 0 Å². The molecule has 0 aliphatic heterocycles. The highest BCUT2D eigenvalue weighted by molar-refractivity contribution is 7.91. The Morgan fingerprint density at radius 1 is 1.32 bits per heavy atom. The normalized spacial score (nSPS) is 14.6. The van der Waals surface area contributed by atoms with E-state index in [-0.39, 0.29) is 16.9 Å². The van der Waals surface area contributed by atoms with E-state index < -0.39 is 15.9 Å². The maximum absolute atomic E-state index is 11.4. The molecule has 1 N–H and O–H groups in total. The molecule has 1 unspecified atom stereocenters. The minimum absolute atomic E-state index is 0.0915. The van der Waals surface area contributed by atoms with E-state index in [1.54, 1.807) is 18.3 Å². The molecule has 5 heteroatoms. The summed E-state index contributed by atoms with van der Waals surface area (Å²) in [6.07, 6.45) is 0.469. The predicted molar refractivity (Wildman–Crippen MR) is 81.5 cm³/mol. The topological polar surface area (TPSA) is 54.4 Å². The fourth-order valence-electron chi connectivity index (χ4n) is 1.72. The first-order chi connectivity index (χ1) is 8.65. The largest absolute Gasteiger partial charge is 0.388 e. The SMILES string of the molecule is CCS(=O)(=O)CCCC(O)c1ccc(C(C)(C)C)s1. The van der Waals surface area contributed by atoms with Crippen molar-refractivity contribution in [3.05, 3.63) is 21.9 Å². The summed E-state index contributed by atoms with van der Waals surface area (Å²) < 4.78 is 22.7. The van der Waals surface area contributed by atoms with Crippen LogP contribution in [0.1, 0.15) is 56.4 Å². The van der Waals surface area contributed by atoms with Crippen molar-refractivity contribution in [2.45, 2.75) is 52.1 Å². The van der Waals surface area contributed by atoms with Crippen molar-refractivity contribution in [3.8, 4) is 0 Å². The fraction of sp³-hybridized carbons (Fsp3) is 0.714. The van der Waals surface area contributed by atoms with Gasteiger partial charge in [0.05, 0.1) is 11.9 Å². The van der Waals surface area contributed by atoms with Gasteiger partial charge in [-0.05, 0) is 30.4 Å². The smallest absolute Gasteiger partial charge is 0.150 e. The van der Waals surface area contributed by atoms with Gasteiger partial charge in [0.1, 0.15) is 9.84 Å². The number of rotatable bonds is 6. The molecular weight excluding hydrogens is 280 g/mol. The standard InChI is InChI=1S/C14H24O3S2/c1-5-19(16,17)10-6-7-11(15)12-8-9-13(18-12)14(2,3)4/h8-9,11,15H,5-7,10H2,1-4H3. The molecule has 0 bridgehead atoms. The molecule has 0 aliphatic carbocycles. The van der Waals surface area contributed by atoms with E-state index >= 15 is 0 Å². The molecular formula is C14H24O3S2. The molecule has 0 amide bonds. The Hall–Kier alpha value is -0.390. The fourth-order valence-corrected chi connectivity index (χ4v) is 3.70. The summed E-state index contributed by atoms with van der Waals surface area (Å²) in [5.74, 6) is 0.342. The van der Waals surface area contributed by atoms with Crippen LogP contribution in [-0.4, -0.2) is 25.0 Å². The summed E-state index contributed by atoms with van der Waals surface area (Å²) >= 11 is 1.61. The second-order valence-electron chi connectivity index (χ2n) is 5.85. The highest BCUT2D eigenvalue weighted by Gasteiger charge is 2.19. The molecule has 1 heterocycles. The third kappa shape index (κ3) is 5.24. The van der Waals surface area contributed by atoms with E-state index in [4.69, 9.17) is 0 Å². The molecule has 0 radical (unpaired) electrons. The summed E-state index contributed by atoms with van der Waals surface area (Å²) in [6, 6.07) is 4.00. The third-order valence-electron chi connectivity index (χ3n) is 3.07. The first kappa shape index (κ1) is 16.7. The predicted octanol–water partition coefficient (Wildman–Crippen LogP) is 3.29. The van der Waals surface area contributed by atoms with Crippen molar-refractivity contribution < 1.29 is 13.5 Å². The minimum Gasteiger partial charge on any atom is -0.388 e. The van der Waals surface area contributed by atoms with Gasteiger partial charge in [-0.3, -0.25) is 0 Å². The van der Waals surface area contributed by atoms with Gasteiger partial charge < -0.3 is 5.11 Å². The summed E-state index contributed by atoms with van der Waals surface area (Å²) in [5.41, 5.74) is 0.0915. The van der Waals surface area contributed by atoms with E-state index in [0.717, 1.165) is 4.88 Å². The van der Waals surface area contributed by atoms with E-state index in [9.17, 15) is 13.5 Å². The van der Waals surface area contributed by atoms with Gasteiger partial charge >= 0.3 is 0 Å². The van der Waals surface area contributed by atoms with Gasteiger partial charge in [-0.25, -0.2) is 8.42 Å². The molecule has 1 rings (SSSR count). The zero-order valence-electron chi connectivity index (χ0n) is 12.1. The van der Waals surface area contributed by atoms with E-state index in [0.29, 0.717) is 12.8 Å². The number of aliphatic hydroxyl groups is 1. The number of hydrogen-bond acceptors (Lipinski definition) is 4. The summed E-state index contributed by atoms with van der Waals surface area (Å²) in [4.78, 5) is 2.17. The highest BCUT2D eigenvalue weighted by Crippen LogP contribution is 2.33. The average Bonchev–Trinajstić information content (AvgIpc) is 2.77. The quantitative estimate of drug-likeness (QED) is 0.877. The number of thiophene rings is 1. The van der Waals surface area contributed by atoms with Crippen molar-refractivity contribution in [2.75, 3.05) is 11.5 Å². The lowest BCUT2D eigenvalue weighted by atomic mass is 9.95. The Balaban J connectivity index is 2.55.